The molecule has 1 unspecified atom stereocenters. The summed E-state index contributed by atoms with van der Waals surface area (Å²) in [5.41, 5.74) is 2.12. The van der Waals surface area contributed by atoms with Gasteiger partial charge in [0.05, 0.1) is 45.9 Å². The number of rotatable bonds is 10. The first-order valence-corrected chi connectivity index (χ1v) is 15.8. The Morgan fingerprint density at radius 2 is 1.91 bits per heavy atom. The number of anilines is 1. The van der Waals surface area contributed by atoms with Gasteiger partial charge in [-0.3, -0.25) is 4.79 Å². The Morgan fingerprint density at radius 1 is 1.20 bits per heavy atom. The molecular formula is C23H27I2N3O6S. The average Bonchev–Trinajstić information content (AvgIpc) is 3.15. The monoisotopic (exact) mass is 727 g/mol. The molecule has 9 nitrogen and oxygen atoms in total. The lowest BCUT2D eigenvalue weighted by Crippen LogP contribution is -2.35. The third kappa shape index (κ3) is 6.50. The summed E-state index contributed by atoms with van der Waals surface area (Å²) in [7, 11) is -1.92. The van der Waals surface area contributed by atoms with E-state index in [-0.39, 0.29) is 24.2 Å². The second-order valence-corrected chi connectivity index (χ2v) is 11.5. The summed E-state index contributed by atoms with van der Waals surface area (Å²) in [4.78, 5) is 29.4. The first kappa shape index (κ1) is 27.8. The standard InChI is InChI=1S/C23H27I2N3O6S/c1-4-34-20-10-15(8-9-19(20)33-2)18(12-35(3,31)32)28-11-16-6-5-7-17(21(16)22(28)29)26-23(30)27(13-24)14-25/h5-10,18H,4,11-14H2,1-3H3,(H,26,30). The molecule has 0 saturated heterocycles. The SMILES string of the molecule is CCOc1cc(C(CS(C)(=O)=O)N2Cc3cccc(NC(=O)N(CI)CI)c3C2=O)ccc1OC. The van der Waals surface area contributed by atoms with E-state index in [9.17, 15) is 18.0 Å². The highest BCUT2D eigenvalue weighted by molar-refractivity contribution is 14.1. The maximum absolute atomic E-state index is 13.6. The number of benzene rings is 2. The van der Waals surface area contributed by atoms with Crippen LogP contribution < -0.4 is 14.8 Å². The summed E-state index contributed by atoms with van der Waals surface area (Å²) < 4.78 is 36.8. The minimum atomic E-state index is -3.45. The molecule has 0 saturated carbocycles. The number of ether oxygens (including phenoxy) is 2. The van der Waals surface area contributed by atoms with Crippen molar-refractivity contribution in [3.8, 4) is 11.5 Å². The van der Waals surface area contributed by atoms with Crippen LogP contribution in [0.2, 0.25) is 0 Å². The van der Waals surface area contributed by atoms with Gasteiger partial charge in [-0.1, -0.05) is 63.4 Å². The summed E-state index contributed by atoms with van der Waals surface area (Å²) in [5, 5.41) is 2.84. The van der Waals surface area contributed by atoms with Gasteiger partial charge in [0.1, 0.15) is 9.84 Å². The molecule has 1 atom stereocenters. The second-order valence-electron chi connectivity index (χ2n) is 7.93. The fourth-order valence-corrected chi connectivity index (χ4v) is 6.87. The number of carbonyl (C=O) groups is 2. The Kier molecular flexibility index (Phi) is 9.48. The molecule has 0 spiro atoms. The zero-order valence-electron chi connectivity index (χ0n) is 19.6. The van der Waals surface area contributed by atoms with Gasteiger partial charge in [-0.05, 0) is 36.2 Å². The van der Waals surface area contributed by atoms with E-state index in [1.165, 1.54) is 12.0 Å². The number of nitrogens with one attached hydrogen (secondary N) is 1. The molecule has 3 rings (SSSR count). The topological polar surface area (TPSA) is 105 Å². The Balaban J connectivity index is 2.01. The number of amides is 3. The number of urea groups is 1. The van der Waals surface area contributed by atoms with Gasteiger partial charge in [0.15, 0.2) is 11.5 Å². The van der Waals surface area contributed by atoms with E-state index in [4.69, 9.17) is 9.47 Å². The highest BCUT2D eigenvalue weighted by Gasteiger charge is 2.37. The molecule has 2 aromatic rings. The van der Waals surface area contributed by atoms with Crippen molar-refractivity contribution in [3.63, 3.8) is 0 Å². The third-order valence-electron chi connectivity index (χ3n) is 5.49. The molecule has 0 aliphatic carbocycles. The maximum atomic E-state index is 13.6. The van der Waals surface area contributed by atoms with Crippen molar-refractivity contribution in [2.75, 3.05) is 40.1 Å². The van der Waals surface area contributed by atoms with E-state index in [1.54, 1.807) is 35.2 Å². The van der Waals surface area contributed by atoms with Crippen LogP contribution in [0.25, 0.3) is 0 Å². The first-order valence-electron chi connectivity index (χ1n) is 10.7. The van der Waals surface area contributed by atoms with Crippen LogP contribution >= 0.6 is 45.2 Å². The first-order chi connectivity index (χ1) is 16.6. The normalized spacial score (nSPS) is 13.9. The van der Waals surface area contributed by atoms with Crippen molar-refractivity contribution < 1.29 is 27.5 Å². The maximum Gasteiger partial charge on any atom is 0.323 e. The van der Waals surface area contributed by atoms with Crippen molar-refractivity contribution in [1.82, 2.24) is 9.80 Å². The van der Waals surface area contributed by atoms with Gasteiger partial charge in [-0.15, -0.1) is 0 Å². The molecule has 12 heteroatoms. The van der Waals surface area contributed by atoms with Crippen LogP contribution in [0.1, 0.15) is 34.5 Å². The lowest BCUT2D eigenvalue weighted by Gasteiger charge is -2.28. The minimum Gasteiger partial charge on any atom is -0.493 e. The van der Waals surface area contributed by atoms with Crippen molar-refractivity contribution in [3.05, 3.63) is 53.1 Å². The van der Waals surface area contributed by atoms with Gasteiger partial charge < -0.3 is 24.6 Å². The molecule has 0 fully saturated rings. The number of nitrogens with zero attached hydrogens (tertiary/aromatic N) is 2. The number of methoxy groups -OCH3 is 1. The predicted octanol–water partition coefficient (Wildman–Crippen LogP) is 4.45. The van der Waals surface area contributed by atoms with Crippen molar-refractivity contribution in [1.29, 1.82) is 0 Å². The summed E-state index contributed by atoms with van der Waals surface area (Å²) in [6, 6.07) is 9.38. The predicted molar refractivity (Wildman–Crippen MR) is 152 cm³/mol. The number of alkyl halides is 2. The summed E-state index contributed by atoms with van der Waals surface area (Å²) in [6.45, 7) is 2.46. The quantitative estimate of drug-likeness (QED) is 0.221. The molecule has 1 heterocycles. The van der Waals surface area contributed by atoms with Gasteiger partial charge in [0.2, 0.25) is 0 Å². The van der Waals surface area contributed by atoms with Crippen LogP contribution in [0.15, 0.2) is 36.4 Å². The van der Waals surface area contributed by atoms with Crippen LogP contribution in [0, 0.1) is 0 Å². The molecule has 1 aliphatic rings. The molecule has 0 aromatic heterocycles. The Morgan fingerprint density at radius 3 is 2.51 bits per heavy atom. The summed E-state index contributed by atoms with van der Waals surface area (Å²) in [5.74, 6) is 0.392. The molecule has 3 amide bonds. The zero-order chi connectivity index (χ0) is 25.8. The van der Waals surface area contributed by atoms with Crippen LogP contribution in [-0.2, 0) is 16.4 Å². The number of carbonyl (C=O) groups excluding carboxylic acids is 2. The Labute approximate surface area is 232 Å². The lowest BCUT2D eigenvalue weighted by molar-refractivity contribution is 0.0719. The number of hydrogen-bond donors (Lipinski definition) is 1. The molecule has 0 radical (unpaired) electrons. The number of halogens is 2. The summed E-state index contributed by atoms with van der Waals surface area (Å²) in [6.07, 6.45) is 1.15. The fourth-order valence-electron chi connectivity index (χ4n) is 3.90. The van der Waals surface area contributed by atoms with Crippen LogP contribution in [0.4, 0.5) is 10.5 Å². The van der Waals surface area contributed by atoms with Crippen molar-refractivity contribution >= 4 is 72.6 Å². The number of hydrogen-bond acceptors (Lipinski definition) is 6. The van der Waals surface area contributed by atoms with Gasteiger partial charge in [-0.25, -0.2) is 13.2 Å². The largest absolute Gasteiger partial charge is 0.493 e. The molecule has 35 heavy (non-hydrogen) atoms. The summed E-state index contributed by atoms with van der Waals surface area (Å²) >= 11 is 4.20. The molecular weight excluding hydrogens is 700 g/mol. The second kappa shape index (κ2) is 12.0. The van der Waals surface area contributed by atoms with E-state index in [0.717, 1.165) is 11.8 Å². The van der Waals surface area contributed by atoms with Gasteiger partial charge >= 0.3 is 6.03 Å². The minimum absolute atomic E-state index is 0.219. The fraction of sp³-hybridized carbons (Fsp3) is 0.391. The third-order valence-corrected chi connectivity index (χ3v) is 8.06. The number of sulfone groups is 1. The molecule has 190 valence electrons. The van der Waals surface area contributed by atoms with E-state index >= 15 is 0 Å². The zero-order valence-corrected chi connectivity index (χ0v) is 24.7. The van der Waals surface area contributed by atoms with Crippen molar-refractivity contribution in [2.24, 2.45) is 0 Å². The number of fused-ring (bicyclic) bond motifs is 1. The van der Waals surface area contributed by atoms with Crippen molar-refractivity contribution in [2.45, 2.75) is 19.5 Å². The van der Waals surface area contributed by atoms with E-state index in [2.05, 4.69) is 50.5 Å². The van der Waals surface area contributed by atoms with Gasteiger partial charge in [0, 0.05) is 12.8 Å². The van der Waals surface area contributed by atoms with Gasteiger partial charge in [-0.2, -0.15) is 0 Å². The van der Waals surface area contributed by atoms with E-state index in [0.29, 0.717) is 44.0 Å². The average molecular weight is 727 g/mol. The Hall–Kier alpha value is -1.81. The highest BCUT2D eigenvalue weighted by atomic mass is 127. The molecule has 1 aliphatic heterocycles. The Bertz CT molecular complexity index is 1200. The highest BCUT2D eigenvalue weighted by Crippen LogP contribution is 2.38. The van der Waals surface area contributed by atoms with E-state index < -0.39 is 15.9 Å². The van der Waals surface area contributed by atoms with Gasteiger partial charge in [0.25, 0.3) is 5.91 Å². The smallest absolute Gasteiger partial charge is 0.323 e. The van der Waals surface area contributed by atoms with E-state index in [1.807, 2.05) is 13.0 Å². The van der Waals surface area contributed by atoms with Crippen LogP contribution in [0.5, 0.6) is 11.5 Å². The molecule has 0 bridgehead atoms. The molecule has 2 aromatic carbocycles. The van der Waals surface area contributed by atoms with Crippen LogP contribution in [-0.4, -0.2) is 65.0 Å². The van der Waals surface area contributed by atoms with Crippen LogP contribution in [0.3, 0.4) is 0 Å². The molecule has 1 N–H and O–H groups in total. The lowest BCUT2D eigenvalue weighted by atomic mass is 10.1.